The van der Waals surface area contributed by atoms with E-state index >= 15 is 0 Å². The predicted molar refractivity (Wildman–Crippen MR) is 58.8 cm³/mol. The Kier molecular flexibility index (Phi) is 2.52. The molecule has 1 aromatic carbocycles. The maximum absolute atomic E-state index is 11.3. The number of benzene rings is 1. The van der Waals surface area contributed by atoms with Gasteiger partial charge >= 0.3 is 0 Å². The van der Waals surface area contributed by atoms with E-state index in [1.54, 1.807) is 19.1 Å². The zero-order chi connectivity index (χ0) is 11.7. The molecule has 16 heavy (non-hydrogen) atoms. The highest BCUT2D eigenvalue weighted by Crippen LogP contribution is 2.26. The molecule has 1 aromatic rings. The molecule has 1 aliphatic rings. The monoisotopic (exact) mass is 220 g/mol. The summed E-state index contributed by atoms with van der Waals surface area (Å²) in [5.41, 5.74) is 0.715. The van der Waals surface area contributed by atoms with E-state index in [4.69, 9.17) is 4.74 Å². The number of carbonyl (C=O) groups is 1. The van der Waals surface area contributed by atoms with Gasteiger partial charge in [0, 0.05) is 5.56 Å². The van der Waals surface area contributed by atoms with Gasteiger partial charge < -0.3 is 15.2 Å². The first kappa shape index (κ1) is 10.5. The van der Waals surface area contributed by atoms with E-state index in [2.05, 4.69) is 10.3 Å². The predicted octanol–water partition coefficient (Wildman–Crippen LogP) is 0.666. The molecule has 1 amide bonds. The number of hydrogen-bond donors (Lipinski definition) is 2. The molecule has 1 heterocycles. The van der Waals surface area contributed by atoms with Gasteiger partial charge in [-0.2, -0.15) is 0 Å². The largest absolute Gasteiger partial charge is 0.504 e. The van der Waals surface area contributed by atoms with E-state index in [1.165, 1.54) is 13.2 Å². The summed E-state index contributed by atoms with van der Waals surface area (Å²) in [6.45, 7) is 1.72. The lowest BCUT2D eigenvalue weighted by Gasteiger charge is -2.06. The second-order valence-corrected chi connectivity index (χ2v) is 3.53. The number of nitrogens with one attached hydrogen (secondary N) is 1. The molecule has 1 unspecified atom stereocenters. The average molecular weight is 220 g/mol. The van der Waals surface area contributed by atoms with Gasteiger partial charge in [0.05, 0.1) is 7.11 Å². The number of rotatable bonds is 2. The molecular formula is C11H12N2O3. The van der Waals surface area contributed by atoms with Crippen molar-refractivity contribution in [1.82, 2.24) is 5.32 Å². The number of carbonyl (C=O) groups excluding carboxylic acids is 1. The summed E-state index contributed by atoms with van der Waals surface area (Å²) < 4.78 is 4.98. The van der Waals surface area contributed by atoms with Crippen molar-refractivity contribution in [2.75, 3.05) is 7.11 Å². The third-order valence-corrected chi connectivity index (χ3v) is 2.40. The maximum Gasteiger partial charge on any atom is 0.250 e. The number of aliphatic imine (C=N–C) groups is 1. The lowest BCUT2D eigenvalue weighted by molar-refractivity contribution is -0.119. The minimum Gasteiger partial charge on any atom is -0.504 e. The molecule has 0 aromatic heterocycles. The van der Waals surface area contributed by atoms with E-state index in [0.717, 1.165) is 0 Å². The molecular weight excluding hydrogens is 208 g/mol. The van der Waals surface area contributed by atoms with Gasteiger partial charge in [0.15, 0.2) is 11.5 Å². The second-order valence-electron chi connectivity index (χ2n) is 3.53. The maximum atomic E-state index is 11.3. The number of amides is 1. The molecule has 0 radical (unpaired) electrons. The first-order valence-electron chi connectivity index (χ1n) is 4.88. The quantitative estimate of drug-likeness (QED) is 0.769. The molecule has 2 N–H and O–H groups in total. The fourth-order valence-corrected chi connectivity index (χ4v) is 1.48. The fourth-order valence-electron chi connectivity index (χ4n) is 1.48. The Morgan fingerprint density at radius 2 is 2.25 bits per heavy atom. The smallest absolute Gasteiger partial charge is 0.250 e. The molecule has 0 spiro atoms. The normalized spacial score (nSPS) is 19.2. The van der Waals surface area contributed by atoms with E-state index in [9.17, 15) is 9.90 Å². The van der Waals surface area contributed by atoms with E-state index < -0.39 is 0 Å². The van der Waals surface area contributed by atoms with Crippen LogP contribution in [-0.4, -0.2) is 30.0 Å². The van der Waals surface area contributed by atoms with Crippen molar-refractivity contribution in [1.29, 1.82) is 0 Å². The number of ether oxygens (including phenoxy) is 1. The third-order valence-electron chi connectivity index (χ3n) is 2.40. The van der Waals surface area contributed by atoms with Crippen LogP contribution in [0.25, 0.3) is 0 Å². The fraction of sp³-hybridized carbons (Fsp3) is 0.273. The van der Waals surface area contributed by atoms with Gasteiger partial charge in [0.25, 0.3) is 0 Å². The Hall–Kier alpha value is -2.04. The van der Waals surface area contributed by atoms with Crippen molar-refractivity contribution in [3.05, 3.63) is 23.8 Å². The van der Waals surface area contributed by atoms with E-state index in [0.29, 0.717) is 17.1 Å². The van der Waals surface area contributed by atoms with Gasteiger partial charge in [-0.05, 0) is 25.1 Å². The van der Waals surface area contributed by atoms with Crippen LogP contribution < -0.4 is 10.1 Å². The third kappa shape index (κ3) is 1.71. The van der Waals surface area contributed by atoms with Crippen LogP contribution in [0.5, 0.6) is 11.5 Å². The lowest BCUT2D eigenvalue weighted by atomic mass is 10.2. The van der Waals surface area contributed by atoms with Crippen LogP contribution in [0.4, 0.5) is 0 Å². The Bertz CT molecular complexity index is 468. The average Bonchev–Trinajstić information content (AvgIpc) is 2.60. The van der Waals surface area contributed by atoms with Crippen LogP contribution in [0.1, 0.15) is 12.5 Å². The summed E-state index contributed by atoms with van der Waals surface area (Å²) in [7, 11) is 1.47. The van der Waals surface area contributed by atoms with Crippen LogP contribution in [-0.2, 0) is 4.79 Å². The highest BCUT2D eigenvalue weighted by molar-refractivity contribution is 6.13. The van der Waals surface area contributed by atoms with Crippen LogP contribution >= 0.6 is 0 Å². The second kappa shape index (κ2) is 3.84. The molecule has 0 fully saturated rings. The summed E-state index contributed by atoms with van der Waals surface area (Å²) in [6.07, 6.45) is 0. The van der Waals surface area contributed by atoms with Crippen LogP contribution in [0.2, 0.25) is 0 Å². The zero-order valence-corrected chi connectivity index (χ0v) is 9.02. The number of methoxy groups -OCH3 is 1. The van der Waals surface area contributed by atoms with Crippen LogP contribution in [0, 0.1) is 0 Å². The number of nitrogens with zero attached hydrogens (tertiary/aromatic N) is 1. The molecule has 0 bridgehead atoms. The van der Waals surface area contributed by atoms with Crippen molar-refractivity contribution in [3.63, 3.8) is 0 Å². The number of aromatic hydroxyl groups is 1. The lowest BCUT2D eigenvalue weighted by Crippen LogP contribution is -2.27. The Labute approximate surface area is 92.8 Å². The number of phenols is 1. The minimum atomic E-state index is -0.366. The molecule has 1 aliphatic heterocycles. The molecule has 5 nitrogen and oxygen atoms in total. The summed E-state index contributed by atoms with van der Waals surface area (Å²) in [6, 6.07) is 4.45. The van der Waals surface area contributed by atoms with Gasteiger partial charge in [-0.15, -0.1) is 0 Å². The van der Waals surface area contributed by atoms with Gasteiger partial charge in [0.1, 0.15) is 11.9 Å². The Morgan fingerprint density at radius 1 is 1.50 bits per heavy atom. The standard InChI is InChI=1S/C11H12N2O3/c1-6-11(15)13-10(12-6)7-3-4-8(14)9(5-7)16-2/h3-6,14H,1-2H3,(H,12,13,15). The van der Waals surface area contributed by atoms with Crippen molar-refractivity contribution < 1.29 is 14.6 Å². The number of amidine groups is 1. The highest BCUT2D eigenvalue weighted by Gasteiger charge is 2.23. The van der Waals surface area contributed by atoms with Gasteiger partial charge in [-0.1, -0.05) is 0 Å². The molecule has 0 aliphatic carbocycles. The molecule has 5 heteroatoms. The minimum absolute atomic E-state index is 0.0595. The summed E-state index contributed by atoms with van der Waals surface area (Å²) in [4.78, 5) is 15.4. The summed E-state index contributed by atoms with van der Waals surface area (Å²) in [5, 5.41) is 12.1. The van der Waals surface area contributed by atoms with E-state index in [1.807, 2.05) is 0 Å². The highest BCUT2D eigenvalue weighted by atomic mass is 16.5. The first-order valence-corrected chi connectivity index (χ1v) is 4.88. The molecule has 2 rings (SSSR count). The van der Waals surface area contributed by atoms with Crippen molar-refractivity contribution in [3.8, 4) is 11.5 Å². The molecule has 0 saturated carbocycles. The SMILES string of the molecule is COc1cc(C2=NC(C)C(=O)N2)ccc1O. The van der Waals surface area contributed by atoms with Crippen LogP contribution in [0.15, 0.2) is 23.2 Å². The van der Waals surface area contributed by atoms with Gasteiger partial charge in [-0.3, -0.25) is 9.79 Å². The summed E-state index contributed by atoms with van der Waals surface area (Å²) in [5.74, 6) is 0.802. The molecule has 0 saturated heterocycles. The summed E-state index contributed by atoms with van der Waals surface area (Å²) >= 11 is 0. The van der Waals surface area contributed by atoms with Gasteiger partial charge in [-0.25, -0.2) is 0 Å². The Balaban J connectivity index is 2.35. The first-order chi connectivity index (χ1) is 7.61. The Morgan fingerprint density at radius 3 is 2.81 bits per heavy atom. The van der Waals surface area contributed by atoms with Crippen molar-refractivity contribution in [2.24, 2.45) is 4.99 Å². The topological polar surface area (TPSA) is 70.9 Å². The van der Waals surface area contributed by atoms with Crippen molar-refractivity contribution in [2.45, 2.75) is 13.0 Å². The van der Waals surface area contributed by atoms with Gasteiger partial charge in [0.2, 0.25) is 5.91 Å². The van der Waals surface area contributed by atoms with E-state index in [-0.39, 0.29) is 17.7 Å². The van der Waals surface area contributed by atoms with Crippen molar-refractivity contribution >= 4 is 11.7 Å². The molecule has 84 valence electrons. The number of phenolic OH excluding ortho intramolecular Hbond substituents is 1. The zero-order valence-electron chi connectivity index (χ0n) is 9.02. The van der Waals surface area contributed by atoms with Crippen LogP contribution in [0.3, 0.4) is 0 Å². The molecule has 1 atom stereocenters. The number of hydrogen-bond acceptors (Lipinski definition) is 4.